The SMILES string of the molecule is Cc1[nH]ncc1-c1nc(NC[C@@H](N)Cc2ccccc2)c2sccc2n1. The number of aromatic amines is 1. The first-order chi connectivity index (χ1) is 12.7. The first kappa shape index (κ1) is 16.7. The van der Waals surface area contributed by atoms with Crippen LogP contribution in [0.2, 0.25) is 0 Å². The van der Waals surface area contributed by atoms with Gasteiger partial charge in [0.25, 0.3) is 0 Å². The highest BCUT2D eigenvalue weighted by molar-refractivity contribution is 7.17. The minimum absolute atomic E-state index is 0.00138. The number of rotatable bonds is 6. The number of nitrogens with one attached hydrogen (secondary N) is 2. The first-order valence-electron chi connectivity index (χ1n) is 8.49. The fourth-order valence-corrected chi connectivity index (χ4v) is 3.69. The van der Waals surface area contributed by atoms with Gasteiger partial charge < -0.3 is 11.1 Å². The van der Waals surface area contributed by atoms with Crippen molar-refractivity contribution in [2.75, 3.05) is 11.9 Å². The van der Waals surface area contributed by atoms with Gasteiger partial charge in [0.2, 0.25) is 0 Å². The van der Waals surface area contributed by atoms with Crippen molar-refractivity contribution in [3.8, 4) is 11.4 Å². The highest BCUT2D eigenvalue weighted by Gasteiger charge is 2.14. The Hall–Kier alpha value is -2.77. The van der Waals surface area contributed by atoms with Crippen molar-refractivity contribution in [3.63, 3.8) is 0 Å². The van der Waals surface area contributed by atoms with Gasteiger partial charge in [0.1, 0.15) is 5.82 Å². The molecule has 6 nitrogen and oxygen atoms in total. The lowest BCUT2D eigenvalue weighted by Gasteiger charge is -2.14. The zero-order valence-corrected chi connectivity index (χ0v) is 15.3. The van der Waals surface area contributed by atoms with E-state index in [1.165, 1.54) is 5.56 Å². The monoisotopic (exact) mass is 364 g/mol. The molecule has 0 radical (unpaired) electrons. The van der Waals surface area contributed by atoms with Crippen molar-refractivity contribution >= 4 is 27.4 Å². The Kier molecular flexibility index (Phi) is 4.64. The summed E-state index contributed by atoms with van der Waals surface area (Å²) in [6.45, 7) is 2.61. The number of nitrogens with two attached hydrogens (primary N) is 1. The highest BCUT2D eigenvalue weighted by atomic mass is 32.1. The minimum Gasteiger partial charge on any atom is -0.367 e. The van der Waals surface area contributed by atoms with E-state index in [9.17, 15) is 0 Å². The maximum atomic E-state index is 6.31. The Morgan fingerprint density at radius 2 is 2.04 bits per heavy atom. The third-order valence-electron chi connectivity index (χ3n) is 4.25. The van der Waals surface area contributed by atoms with E-state index in [2.05, 4.69) is 32.6 Å². The number of hydrogen-bond donors (Lipinski definition) is 3. The smallest absolute Gasteiger partial charge is 0.165 e. The lowest BCUT2D eigenvalue weighted by molar-refractivity contribution is 0.698. The van der Waals surface area contributed by atoms with Crippen LogP contribution < -0.4 is 11.1 Å². The van der Waals surface area contributed by atoms with Crippen LogP contribution in [0.25, 0.3) is 21.6 Å². The van der Waals surface area contributed by atoms with Gasteiger partial charge in [-0.1, -0.05) is 30.3 Å². The second-order valence-corrected chi connectivity index (χ2v) is 7.19. The number of benzene rings is 1. The van der Waals surface area contributed by atoms with E-state index in [0.717, 1.165) is 33.7 Å². The van der Waals surface area contributed by atoms with Crippen LogP contribution in [0.1, 0.15) is 11.3 Å². The molecule has 1 aromatic carbocycles. The Balaban J connectivity index is 1.56. The molecule has 1 atom stereocenters. The maximum absolute atomic E-state index is 6.31. The zero-order valence-electron chi connectivity index (χ0n) is 14.4. The van der Waals surface area contributed by atoms with Gasteiger partial charge in [0.05, 0.1) is 22.0 Å². The molecule has 0 unspecified atom stereocenters. The second kappa shape index (κ2) is 7.23. The summed E-state index contributed by atoms with van der Waals surface area (Å²) >= 11 is 1.63. The van der Waals surface area contributed by atoms with E-state index in [-0.39, 0.29) is 6.04 Å². The molecule has 0 aliphatic carbocycles. The summed E-state index contributed by atoms with van der Waals surface area (Å²) in [6.07, 6.45) is 2.58. The van der Waals surface area contributed by atoms with E-state index in [4.69, 9.17) is 10.7 Å². The molecule has 3 heterocycles. The fourth-order valence-electron chi connectivity index (χ4n) is 2.90. The number of fused-ring (bicyclic) bond motifs is 1. The molecule has 132 valence electrons. The van der Waals surface area contributed by atoms with Crippen molar-refractivity contribution in [1.29, 1.82) is 0 Å². The maximum Gasteiger partial charge on any atom is 0.165 e. The molecule has 3 aromatic heterocycles. The van der Waals surface area contributed by atoms with Gasteiger partial charge in [-0.05, 0) is 30.4 Å². The van der Waals surface area contributed by atoms with Gasteiger partial charge in [0.15, 0.2) is 5.82 Å². The van der Waals surface area contributed by atoms with Crippen LogP contribution in [-0.2, 0) is 6.42 Å². The van der Waals surface area contributed by atoms with Crippen molar-refractivity contribution in [3.05, 3.63) is 59.2 Å². The van der Waals surface area contributed by atoms with E-state index < -0.39 is 0 Å². The predicted octanol–water partition coefficient (Wildman–Crippen LogP) is 3.37. The Morgan fingerprint density at radius 3 is 2.81 bits per heavy atom. The van der Waals surface area contributed by atoms with Crippen LogP contribution in [0.3, 0.4) is 0 Å². The molecule has 26 heavy (non-hydrogen) atoms. The third-order valence-corrected chi connectivity index (χ3v) is 5.16. The summed E-state index contributed by atoms with van der Waals surface area (Å²) in [7, 11) is 0. The highest BCUT2D eigenvalue weighted by Crippen LogP contribution is 2.29. The van der Waals surface area contributed by atoms with Crippen LogP contribution >= 0.6 is 11.3 Å². The van der Waals surface area contributed by atoms with E-state index in [1.54, 1.807) is 17.5 Å². The quantitative estimate of drug-likeness (QED) is 0.488. The molecule has 7 heteroatoms. The van der Waals surface area contributed by atoms with E-state index in [0.29, 0.717) is 12.4 Å². The summed E-state index contributed by atoms with van der Waals surface area (Å²) in [5.41, 5.74) is 10.3. The number of nitrogens with zero attached hydrogens (tertiary/aromatic N) is 3. The van der Waals surface area contributed by atoms with Crippen LogP contribution in [-0.4, -0.2) is 32.8 Å². The van der Waals surface area contributed by atoms with Gasteiger partial charge in [-0.25, -0.2) is 9.97 Å². The van der Waals surface area contributed by atoms with Gasteiger partial charge in [0, 0.05) is 18.3 Å². The van der Waals surface area contributed by atoms with Crippen molar-refractivity contribution < 1.29 is 0 Å². The molecule has 0 saturated carbocycles. The topological polar surface area (TPSA) is 92.5 Å². The molecule has 4 aromatic rings. The number of aromatic nitrogens is 4. The molecule has 0 saturated heterocycles. The molecule has 4 N–H and O–H groups in total. The van der Waals surface area contributed by atoms with Gasteiger partial charge in [-0.2, -0.15) is 5.10 Å². The van der Waals surface area contributed by atoms with E-state index >= 15 is 0 Å². The second-order valence-electron chi connectivity index (χ2n) is 6.27. The standard InChI is InChI=1S/C19H20N6S/c1-12-15(11-22-25-12)18-23-16-7-8-26-17(16)19(24-18)21-10-14(20)9-13-5-3-2-4-6-13/h2-8,11,14H,9-10,20H2,1H3,(H,22,25)(H,21,23,24)/t14-/m0/s1. The summed E-state index contributed by atoms with van der Waals surface area (Å²) in [4.78, 5) is 9.39. The first-order valence-corrected chi connectivity index (χ1v) is 9.37. The van der Waals surface area contributed by atoms with Crippen LogP contribution in [0, 0.1) is 6.92 Å². The molecule has 0 aliphatic rings. The summed E-state index contributed by atoms with van der Waals surface area (Å²) in [5.74, 6) is 1.49. The average molecular weight is 364 g/mol. The molecular weight excluding hydrogens is 344 g/mol. The number of hydrogen-bond acceptors (Lipinski definition) is 6. The Bertz CT molecular complexity index is 1010. The largest absolute Gasteiger partial charge is 0.367 e. The van der Waals surface area contributed by atoms with E-state index in [1.807, 2.05) is 36.6 Å². The molecule has 0 amide bonds. The predicted molar refractivity (Wildman–Crippen MR) is 106 cm³/mol. The van der Waals surface area contributed by atoms with Gasteiger partial charge in [-0.3, -0.25) is 5.10 Å². The zero-order chi connectivity index (χ0) is 17.9. The summed E-state index contributed by atoms with van der Waals surface area (Å²) in [5, 5.41) is 12.5. The van der Waals surface area contributed by atoms with Crippen molar-refractivity contribution in [2.24, 2.45) is 5.73 Å². The van der Waals surface area contributed by atoms with Crippen LogP contribution in [0.5, 0.6) is 0 Å². The number of H-pyrrole nitrogens is 1. The lowest BCUT2D eigenvalue weighted by atomic mass is 10.1. The number of anilines is 1. The van der Waals surface area contributed by atoms with Crippen LogP contribution in [0.15, 0.2) is 48.0 Å². The molecular formula is C19H20N6S. The van der Waals surface area contributed by atoms with Gasteiger partial charge >= 0.3 is 0 Å². The molecule has 0 spiro atoms. The number of thiophene rings is 1. The third kappa shape index (κ3) is 3.44. The van der Waals surface area contributed by atoms with Crippen molar-refractivity contribution in [1.82, 2.24) is 20.2 Å². The minimum atomic E-state index is 0.00138. The fraction of sp³-hybridized carbons (Fsp3) is 0.211. The molecule has 0 bridgehead atoms. The van der Waals surface area contributed by atoms with Crippen molar-refractivity contribution in [2.45, 2.75) is 19.4 Å². The normalized spacial score (nSPS) is 12.4. The number of aryl methyl sites for hydroxylation is 1. The summed E-state index contributed by atoms with van der Waals surface area (Å²) in [6, 6.07) is 12.3. The Labute approximate surface area is 155 Å². The molecule has 0 aliphatic heterocycles. The van der Waals surface area contributed by atoms with Gasteiger partial charge in [-0.15, -0.1) is 11.3 Å². The molecule has 0 fully saturated rings. The van der Waals surface area contributed by atoms with Crippen LogP contribution in [0.4, 0.5) is 5.82 Å². The molecule has 4 rings (SSSR count). The average Bonchev–Trinajstić information content (AvgIpc) is 3.29. The lowest BCUT2D eigenvalue weighted by Crippen LogP contribution is -2.31. The Morgan fingerprint density at radius 1 is 1.19 bits per heavy atom. The summed E-state index contributed by atoms with van der Waals surface area (Å²) < 4.78 is 1.04.